The minimum Gasteiger partial charge on any atom is -0.394 e. The molecule has 96 valence electrons. The minimum atomic E-state index is -0.699. The van der Waals surface area contributed by atoms with E-state index in [0.29, 0.717) is 22.8 Å². The van der Waals surface area contributed by atoms with Crippen molar-refractivity contribution in [1.29, 1.82) is 0 Å². The van der Waals surface area contributed by atoms with E-state index in [4.69, 9.17) is 27.0 Å². The predicted molar refractivity (Wildman–Crippen MR) is 62.5 cm³/mol. The summed E-state index contributed by atoms with van der Waals surface area (Å²) in [6, 6.07) is 3.38. The topological polar surface area (TPSA) is 85.2 Å². The molecule has 3 N–H and O–H groups in total. The Bertz CT molecular complexity index is 547. The standard InChI is InChI=1S/C11H11ClFN3O2/c12-8-4-7(13)2-1-6(8)3-10-15-11(18-16-10)9(14)5-17/h1-2,4,9,17H,3,5,14H2/t9-/m0/s1. The lowest BCUT2D eigenvalue weighted by Gasteiger charge is -2.01. The molecule has 0 amide bonds. The van der Waals surface area contributed by atoms with Crippen molar-refractivity contribution in [1.82, 2.24) is 10.1 Å². The zero-order valence-electron chi connectivity index (χ0n) is 9.31. The first-order chi connectivity index (χ1) is 8.60. The van der Waals surface area contributed by atoms with Crippen LogP contribution in [0, 0.1) is 5.82 Å². The Morgan fingerprint density at radius 3 is 2.94 bits per heavy atom. The van der Waals surface area contributed by atoms with Crippen LogP contribution in [-0.2, 0) is 6.42 Å². The molecule has 0 bridgehead atoms. The molecule has 1 atom stereocenters. The molecule has 0 saturated carbocycles. The van der Waals surface area contributed by atoms with Gasteiger partial charge >= 0.3 is 0 Å². The molecule has 0 saturated heterocycles. The number of halogens is 2. The van der Waals surface area contributed by atoms with Crippen LogP contribution in [-0.4, -0.2) is 21.9 Å². The van der Waals surface area contributed by atoms with Crippen LogP contribution in [0.3, 0.4) is 0 Å². The summed E-state index contributed by atoms with van der Waals surface area (Å²) in [6.07, 6.45) is 0.306. The molecule has 0 radical (unpaired) electrons. The molecule has 0 aliphatic carbocycles. The highest BCUT2D eigenvalue weighted by molar-refractivity contribution is 6.31. The summed E-state index contributed by atoms with van der Waals surface area (Å²) in [5.74, 6) is 0.132. The molecule has 7 heteroatoms. The third kappa shape index (κ3) is 2.84. The SMILES string of the molecule is N[C@@H](CO)c1nc(Cc2ccc(F)cc2Cl)no1. The Morgan fingerprint density at radius 2 is 2.28 bits per heavy atom. The second kappa shape index (κ2) is 5.43. The first kappa shape index (κ1) is 12.9. The molecule has 0 fully saturated rings. The maximum absolute atomic E-state index is 12.9. The molecule has 18 heavy (non-hydrogen) atoms. The van der Waals surface area contributed by atoms with E-state index in [1.54, 1.807) is 6.07 Å². The third-order valence-corrected chi connectivity index (χ3v) is 2.71. The van der Waals surface area contributed by atoms with E-state index in [2.05, 4.69) is 10.1 Å². The molecule has 1 aromatic carbocycles. The number of nitrogens with zero attached hydrogens (tertiary/aromatic N) is 2. The van der Waals surface area contributed by atoms with E-state index in [9.17, 15) is 4.39 Å². The number of hydrogen-bond donors (Lipinski definition) is 2. The minimum absolute atomic E-state index is 0.158. The molecule has 0 aliphatic heterocycles. The second-order valence-electron chi connectivity index (χ2n) is 3.75. The molecular weight excluding hydrogens is 261 g/mol. The summed E-state index contributed by atoms with van der Waals surface area (Å²) < 4.78 is 17.8. The summed E-state index contributed by atoms with van der Waals surface area (Å²) in [7, 11) is 0. The maximum Gasteiger partial charge on any atom is 0.245 e. The van der Waals surface area contributed by atoms with Gasteiger partial charge in [0.15, 0.2) is 5.82 Å². The number of rotatable bonds is 4. The van der Waals surface area contributed by atoms with Crippen molar-refractivity contribution < 1.29 is 14.0 Å². The Kier molecular flexibility index (Phi) is 3.90. The van der Waals surface area contributed by atoms with Crippen LogP contribution < -0.4 is 5.73 Å². The molecule has 1 heterocycles. The van der Waals surface area contributed by atoms with E-state index >= 15 is 0 Å². The quantitative estimate of drug-likeness (QED) is 0.879. The van der Waals surface area contributed by atoms with Crippen molar-refractivity contribution in [3.05, 3.63) is 46.3 Å². The van der Waals surface area contributed by atoms with Gasteiger partial charge in [0.05, 0.1) is 6.61 Å². The molecule has 2 rings (SSSR count). The lowest BCUT2D eigenvalue weighted by Crippen LogP contribution is -2.14. The third-order valence-electron chi connectivity index (χ3n) is 2.36. The zero-order chi connectivity index (χ0) is 13.1. The average molecular weight is 272 g/mol. The molecule has 0 unspecified atom stereocenters. The summed E-state index contributed by atoms with van der Waals surface area (Å²) in [5, 5.41) is 12.9. The molecular formula is C11H11ClFN3O2. The number of aliphatic hydroxyl groups excluding tert-OH is 1. The van der Waals surface area contributed by atoms with Gasteiger partial charge in [0, 0.05) is 11.4 Å². The van der Waals surface area contributed by atoms with Crippen molar-refractivity contribution in [3.8, 4) is 0 Å². The van der Waals surface area contributed by atoms with Gasteiger partial charge < -0.3 is 15.4 Å². The van der Waals surface area contributed by atoms with Crippen LogP contribution >= 0.6 is 11.6 Å². The summed E-state index contributed by atoms with van der Waals surface area (Å²) >= 11 is 5.89. The van der Waals surface area contributed by atoms with Crippen LogP contribution in [0.4, 0.5) is 4.39 Å². The van der Waals surface area contributed by atoms with Crippen LogP contribution in [0.5, 0.6) is 0 Å². The van der Waals surface area contributed by atoms with Gasteiger partial charge in [-0.05, 0) is 17.7 Å². The van der Waals surface area contributed by atoms with Crippen molar-refractivity contribution in [2.75, 3.05) is 6.61 Å². The first-order valence-corrected chi connectivity index (χ1v) is 5.61. The largest absolute Gasteiger partial charge is 0.394 e. The van der Waals surface area contributed by atoms with Gasteiger partial charge in [0.2, 0.25) is 5.89 Å². The van der Waals surface area contributed by atoms with Gasteiger partial charge in [-0.25, -0.2) is 4.39 Å². The highest BCUT2D eigenvalue weighted by Crippen LogP contribution is 2.20. The van der Waals surface area contributed by atoms with E-state index in [1.165, 1.54) is 12.1 Å². The van der Waals surface area contributed by atoms with Crippen LogP contribution in [0.15, 0.2) is 22.7 Å². The van der Waals surface area contributed by atoms with Gasteiger partial charge in [0.25, 0.3) is 0 Å². The number of nitrogens with two attached hydrogens (primary N) is 1. The summed E-state index contributed by atoms with van der Waals surface area (Å²) in [5.41, 5.74) is 6.21. The second-order valence-corrected chi connectivity index (χ2v) is 4.16. The smallest absolute Gasteiger partial charge is 0.245 e. The Labute approximate surface area is 107 Å². The average Bonchev–Trinajstić information content (AvgIpc) is 2.80. The van der Waals surface area contributed by atoms with E-state index in [0.717, 1.165) is 0 Å². The van der Waals surface area contributed by atoms with Crippen molar-refractivity contribution in [2.45, 2.75) is 12.5 Å². The molecule has 1 aromatic heterocycles. The Hall–Kier alpha value is -1.50. The fraction of sp³-hybridized carbons (Fsp3) is 0.273. The highest BCUT2D eigenvalue weighted by Gasteiger charge is 2.14. The molecule has 2 aromatic rings. The fourth-order valence-corrected chi connectivity index (χ4v) is 1.64. The molecule has 0 spiro atoms. The van der Waals surface area contributed by atoms with Crippen molar-refractivity contribution >= 4 is 11.6 Å². The van der Waals surface area contributed by atoms with E-state index in [-0.39, 0.29) is 12.5 Å². The Balaban J connectivity index is 2.16. The van der Waals surface area contributed by atoms with Crippen LogP contribution in [0.25, 0.3) is 0 Å². The number of aromatic nitrogens is 2. The Morgan fingerprint density at radius 1 is 1.50 bits per heavy atom. The van der Waals surface area contributed by atoms with Gasteiger partial charge in [-0.1, -0.05) is 22.8 Å². The number of aliphatic hydroxyl groups is 1. The normalized spacial score (nSPS) is 12.7. The first-order valence-electron chi connectivity index (χ1n) is 5.23. The van der Waals surface area contributed by atoms with Crippen molar-refractivity contribution in [3.63, 3.8) is 0 Å². The zero-order valence-corrected chi connectivity index (χ0v) is 10.1. The highest BCUT2D eigenvalue weighted by atomic mass is 35.5. The maximum atomic E-state index is 12.9. The number of benzene rings is 1. The van der Waals surface area contributed by atoms with Crippen LogP contribution in [0.2, 0.25) is 5.02 Å². The van der Waals surface area contributed by atoms with Gasteiger partial charge in [-0.2, -0.15) is 4.98 Å². The molecule has 0 aliphatic rings. The lowest BCUT2D eigenvalue weighted by molar-refractivity contribution is 0.236. The van der Waals surface area contributed by atoms with Gasteiger partial charge in [-0.15, -0.1) is 0 Å². The van der Waals surface area contributed by atoms with E-state index < -0.39 is 11.9 Å². The van der Waals surface area contributed by atoms with E-state index in [1.807, 2.05) is 0 Å². The molecule has 5 nitrogen and oxygen atoms in total. The lowest BCUT2D eigenvalue weighted by atomic mass is 10.1. The van der Waals surface area contributed by atoms with Gasteiger partial charge in [0.1, 0.15) is 11.9 Å². The van der Waals surface area contributed by atoms with Crippen LogP contribution in [0.1, 0.15) is 23.3 Å². The van der Waals surface area contributed by atoms with Crippen molar-refractivity contribution in [2.24, 2.45) is 5.73 Å². The number of hydrogen-bond acceptors (Lipinski definition) is 5. The van der Waals surface area contributed by atoms with Gasteiger partial charge in [-0.3, -0.25) is 0 Å². The fourth-order valence-electron chi connectivity index (χ4n) is 1.40. The predicted octanol–water partition coefficient (Wildman–Crippen LogP) is 1.44. The monoisotopic (exact) mass is 271 g/mol. The summed E-state index contributed by atoms with van der Waals surface area (Å²) in [6.45, 7) is -0.279. The summed E-state index contributed by atoms with van der Waals surface area (Å²) in [4.78, 5) is 4.02.